The number of hydrogen-bond acceptors (Lipinski definition) is 2. The van der Waals surface area contributed by atoms with Gasteiger partial charge in [-0.2, -0.15) is 0 Å². The summed E-state index contributed by atoms with van der Waals surface area (Å²) in [6.45, 7) is 9.40. The SMILES string of the molecule is CCCC1CCC(O)C(N2CCC(CC)(CC)C2)C1. The molecule has 1 saturated carbocycles. The van der Waals surface area contributed by atoms with E-state index in [4.69, 9.17) is 0 Å². The highest BCUT2D eigenvalue weighted by Gasteiger charge is 2.41. The summed E-state index contributed by atoms with van der Waals surface area (Å²) in [5, 5.41) is 10.4. The Labute approximate surface area is 119 Å². The second kappa shape index (κ2) is 6.58. The Hall–Kier alpha value is -0.0800. The minimum absolute atomic E-state index is 0.0716. The predicted molar refractivity (Wildman–Crippen MR) is 81.2 cm³/mol. The van der Waals surface area contributed by atoms with Gasteiger partial charge in [0.05, 0.1) is 6.10 Å². The fraction of sp³-hybridized carbons (Fsp3) is 1.00. The van der Waals surface area contributed by atoms with Gasteiger partial charge in [-0.15, -0.1) is 0 Å². The Morgan fingerprint density at radius 1 is 1.16 bits per heavy atom. The summed E-state index contributed by atoms with van der Waals surface area (Å²) in [6.07, 6.45) is 9.99. The average Bonchev–Trinajstić information content (AvgIpc) is 2.86. The largest absolute Gasteiger partial charge is 0.391 e. The highest BCUT2D eigenvalue weighted by molar-refractivity contribution is 4.95. The number of nitrogens with zero attached hydrogens (tertiary/aromatic N) is 1. The number of hydrogen-bond donors (Lipinski definition) is 1. The standard InChI is InChI=1S/C17H33NO/c1-4-7-14-8-9-16(19)15(12-14)18-11-10-17(5-2,6-3)13-18/h14-16,19H,4-13H2,1-3H3. The molecule has 1 aliphatic heterocycles. The molecule has 0 radical (unpaired) electrons. The molecule has 1 heterocycles. The molecule has 3 atom stereocenters. The molecule has 2 rings (SSSR count). The third-order valence-corrected chi connectivity index (χ3v) is 6.02. The molecule has 2 fully saturated rings. The van der Waals surface area contributed by atoms with Crippen molar-refractivity contribution in [2.24, 2.45) is 11.3 Å². The van der Waals surface area contributed by atoms with E-state index < -0.39 is 0 Å². The Morgan fingerprint density at radius 2 is 1.89 bits per heavy atom. The molecule has 0 aromatic carbocycles. The zero-order valence-corrected chi connectivity index (χ0v) is 13.2. The second-order valence-corrected chi connectivity index (χ2v) is 7.03. The first kappa shape index (κ1) is 15.3. The number of aliphatic hydroxyl groups is 1. The lowest BCUT2D eigenvalue weighted by molar-refractivity contribution is 0.00648. The first-order valence-corrected chi connectivity index (χ1v) is 8.56. The molecule has 0 aromatic heterocycles. The first-order chi connectivity index (χ1) is 9.14. The Balaban J connectivity index is 1.96. The lowest BCUT2D eigenvalue weighted by Crippen LogP contribution is -2.47. The van der Waals surface area contributed by atoms with Crippen molar-refractivity contribution in [2.75, 3.05) is 13.1 Å². The summed E-state index contributed by atoms with van der Waals surface area (Å²) in [5.41, 5.74) is 0.539. The molecule has 3 unspecified atom stereocenters. The molecule has 1 N–H and O–H groups in total. The van der Waals surface area contributed by atoms with Crippen molar-refractivity contribution in [2.45, 2.75) is 84.3 Å². The van der Waals surface area contributed by atoms with Gasteiger partial charge in [-0.1, -0.05) is 33.6 Å². The first-order valence-electron chi connectivity index (χ1n) is 8.56. The van der Waals surface area contributed by atoms with Crippen LogP contribution in [0.4, 0.5) is 0 Å². The maximum absolute atomic E-state index is 10.4. The molecule has 0 amide bonds. The minimum Gasteiger partial charge on any atom is -0.391 e. The van der Waals surface area contributed by atoms with E-state index in [0.29, 0.717) is 11.5 Å². The second-order valence-electron chi connectivity index (χ2n) is 7.03. The van der Waals surface area contributed by atoms with E-state index in [0.717, 1.165) is 12.3 Å². The monoisotopic (exact) mass is 267 g/mol. The molecular weight excluding hydrogens is 234 g/mol. The van der Waals surface area contributed by atoms with E-state index in [1.165, 1.54) is 58.0 Å². The molecule has 19 heavy (non-hydrogen) atoms. The zero-order valence-electron chi connectivity index (χ0n) is 13.2. The van der Waals surface area contributed by atoms with Crippen LogP contribution in [0.25, 0.3) is 0 Å². The van der Waals surface area contributed by atoms with E-state index in [-0.39, 0.29) is 6.10 Å². The zero-order chi connectivity index (χ0) is 13.9. The fourth-order valence-corrected chi connectivity index (χ4v) is 4.36. The average molecular weight is 267 g/mol. The van der Waals surface area contributed by atoms with Crippen molar-refractivity contribution in [3.05, 3.63) is 0 Å². The normalized spacial score (nSPS) is 35.7. The van der Waals surface area contributed by atoms with Crippen molar-refractivity contribution < 1.29 is 5.11 Å². The van der Waals surface area contributed by atoms with Crippen LogP contribution in [-0.2, 0) is 0 Å². The lowest BCUT2D eigenvalue weighted by atomic mass is 9.80. The molecule has 2 heteroatoms. The molecule has 2 aliphatic rings. The van der Waals surface area contributed by atoms with Gasteiger partial charge in [0.15, 0.2) is 0 Å². The summed E-state index contributed by atoms with van der Waals surface area (Å²) < 4.78 is 0. The highest BCUT2D eigenvalue weighted by Crippen LogP contribution is 2.41. The summed E-state index contributed by atoms with van der Waals surface area (Å²) in [5.74, 6) is 0.858. The molecular formula is C17H33NO. The van der Waals surface area contributed by atoms with Crippen LogP contribution in [-0.4, -0.2) is 35.2 Å². The van der Waals surface area contributed by atoms with Gasteiger partial charge in [-0.05, 0) is 56.4 Å². The van der Waals surface area contributed by atoms with Crippen LogP contribution < -0.4 is 0 Å². The van der Waals surface area contributed by atoms with Crippen molar-refractivity contribution in [1.29, 1.82) is 0 Å². The van der Waals surface area contributed by atoms with Crippen LogP contribution in [0.1, 0.15) is 72.1 Å². The topological polar surface area (TPSA) is 23.5 Å². The van der Waals surface area contributed by atoms with Crippen LogP contribution in [0.2, 0.25) is 0 Å². The van der Waals surface area contributed by atoms with E-state index in [1.54, 1.807) is 0 Å². The van der Waals surface area contributed by atoms with Gasteiger partial charge in [0.2, 0.25) is 0 Å². The Morgan fingerprint density at radius 3 is 2.47 bits per heavy atom. The van der Waals surface area contributed by atoms with Crippen LogP contribution in [0.3, 0.4) is 0 Å². The van der Waals surface area contributed by atoms with Crippen LogP contribution in [0.15, 0.2) is 0 Å². The van der Waals surface area contributed by atoms with Crippen molar-refractivity contribution in [1.82, 2.24) is 4.90 Å². The summed E-state index contributed by atoms with van der Waals surface area (Å²) in [7, 11) is 0. The predicted octanol–water partition coefficient (Wildman–Crippen LogP) is 3.83. The van der Waals surface area contributed by atoms with Crippen molar-refractivity contribution >= 4 is 0 Å². The van der Waals surface area contributed by atoms with Crippen molar-refractivity contribution in [3.8, 4) is 0 Å². The van der Waals surface area contributed by atoms with Gasteiger partial charge in [0.25, 0.3) is 0 Å². The van der Waals surface area contributed by atoms with E-state index in [1.807, 2.05) is 0 Å². The number of rotatable bonds is 5. The third-order valence-electron chi connectivity index (χ3n) is 6.02. The molecule has 2 nitrogen and oxygen atoms in total. The van der Waals surface area contributed by atoms with Crippen molar-refractivity contribution in [3.63, 3.8) is 0 Å². The quantitative estimate of drug-likeness (QED) is 0.818. The number of aliphatic hydroxyl groups excluding tert-OH is 1. The van der Waals surface area contributed by atoms with Gasteiger partial charge in [-0.25, -0.2) is 0 Å². The van der Waals surface area contributed by atoms with Gasteiger partial charge < -0.3 is 5.11 Å². The van der Waals surface area contributed by atoms with Crippen LogP contribution >= 0.6 is 0 Å². The van der Waals surface area contributed by atoms with E-state index in [9.17, 15) is 5.11 Å². The van der Waals surface area contributed by atoms with Gasteiger partial charge in [0, 0.05) is 12.6 Å². The van der Waals surface area contributed by atoms with Gasteiger partial charge in [-0.3, -0.25) is 4.90 Å². The smallest absolute Gasteiger partial charge is 0.0695 e. The molecule has 0 bridgehead atoms. The van der Waals surface area contributed by atoms with Crippen LogP contribution in [0.5, 0.6) is 0 Å². The molecule has 112 valence electrons. The summed E-state index contributed by atoms with van der Waals surface area (Å²) in [6, 6.07) is 0.449. The lowest BCUT2D eigenvalue weighted by Gasteiger charge is -2.40. The van der Waals surface area contributed by atoms with Gasteiger partial charge in [0.1, 0.15) is 0 Å². The summed E-state index contributed by atoms with van der Waals surface area (Å²) in [4.78, 5) is 2.62. The maximum Gasteiger partial charge on any atom is 0.0695 e. The minimum atomic E-state index is -0.0716. The Kier molecular flexibility index (Phi) is 5.30. The maximum atomic E-state index is 10.4. The highest BCUT2D eigenvalue weighted by atomic mass is 16.3. The fourth-order valence-electron chi connectivity index (χ4n) is 4.36. The third kappa shape index (κ3) is 3.33. The molecule has 1 aliphatic carbocycles. The number of likely N-dealkylation sites (tertiary alicyclic amines) is 1. The molecule has 0 aromatic rings. The summed E-state index contributed by atoms with van der Waals surface area (Å²) >= 11 is 0. The molecule has 0 spiro atoms. The van der Waals surface area contributed by atoms with Gasteiger partial charge >= 0.3 is 0 Å². The van der Waals surface area contributed by atoms with Crippen LogP contribution in [0, 0.1) is 11.3 Å². The Bertz CT molecular complexity index is 274. The van der Waals surface area contributed by atoms with E-state index >= 15 is 0 Å². The molecule has 1 saturated heterocycles. The van der Waals surface area contributed by atoms with E-state index in [2.05, 4.69) is 25.7 Å².